The molecule has 4 N–H and O–H groups in total. The smallest absolute Gasteiger partial charge is 0.242 e. The Morgan fingerprint density at radius 3 is 2.70 bits per heavy atom. The Bertz CT molecular complexity index is 720. The maximum absolute atomic E-state index is 12.4. The Labute approximate surface area is 180 Å². The lowest BCUT2D eigenvalue weighted by atomic mass is 10.1. The molecule has 1 aliphatic rings. The highest BCUT2D eigenvalue weighted by atomic mass is 16.5. The van der Waals surface area contributed by atoms with Crippen LogP contribution in [0.15, 0.2) is 36.0 Å². The van der Waals surface area contributed by atoms with Crippen molar-refractivity contribution in [3.63, 3.8) is 0 Å². The lowest BCUT2D eigenvalue weighted by Gasteiger charge is -2.20. The van der Waals surface area contributed by atoms with Crippen molar-refractivity contribution in [3.8, 4) is 5.75 Å². The number of fused-ring (bicyclic) bond motifs is 1. The summed E-state index contributed by atoms with van der Waals surface area (Å²) in [5, 5.41) is 12.4. The summed E-state index contributed by atoms with van der Waals surface area (Å²) in [6.07, 6.45) is 5.09. The van der Waals surface area contributed by atoms with Crippen molar-refractivity contribution >= 4 is 11.8 Å². The predicted octanol–water partition coefficient (Wildman–Crippen LogP) is 1.88. The van der Waals surface area contributed by atoms with E-state index in [-0.39, 0.29) is 24.4 Å². The molecule has 7 nitrogen and oxygen atoms in total. The third-order valence-corrected chi connectivity index (χ3v) is 5.01. The van der Waals surface area contributed by atoms with Gasteiger partial charge in [0.15, 0.2) is 0 Å². The summed E-state index contributed by atoms with van der Waals surface area (Å²) >= 11 is 0. The molecule has 7 heteroatoms. The Balaban J connectivity index is 2.11. The van der Waals surface area contributed by atoms with E-state index in [9.17, 15) is 9.59 Å². The minimum absolute atomic E-state index is 0.134. The number of nitrogens with one attached hydrogen (secondary N) is 4. The van der Waals surface area contributed by atoms with Gasteiger partial charge in [0.25, 0.3) is 0 Å². The molecule has 0 saturated heterocycles. The molecule has 1 aromatic rings. The lowest BCUT2D eigenvalue weighted by Crippen LogP contribution is -2.49. The summed E-state index contributed by atoms with van der Waals surface area (Å²) in [7, 11) is 0. The molecule has 1 unspecified atom stereocenters. The normalized spacial score (nSPS) is 23.8. The first-order chi connectivity index (χ1) is 14.5. The van der Waals surface area contributed by atoms with Gasteiger partial charge >= 0.3 is 0 Å². The highest BCUT2D eigenvalue weighted by molar-refractivity contribution is 5.88. The van der Waals surface area contributed by atoms with Crippen molar-refractivity contribution in [1.29, 1.82) is 0 Å². The molecule has 2 amide bonds. The maximum Gasteiger partial charge on any atom is 0.242 e. The Morgan fingerprint density at radius 1 is 1.13 bits per heavy atom. The highest BCUT2D eigenvalue weighted by Crippen LogP contribution is 2.19. The van der Waals surface area contributed by atoms with E-state index >= 15 is 0 Å². The van der Waals surface area contributed by atoms with Gasteiger partial charge in [0.2, 0.25) is 11.8 Å². The number of amides is 2. The quantitative estimate of drug-likeness (QED) is 0.591. The van der Waals surface area contributed by atoms with E-state index in [1.807, 2.05) is 25.1 Å². The van der Waals surface area contributed by atoms with E-state index < -0.39 is 6.04 Å². The number of hydrogen-bond acceptors (Lipinski definition) is 5. The zero-order valence-electron chi connectivity index (χ0n) is 18.4. The van der Waals surface area contributed by atoms with Gasteiger partial charge < -0.3 is 26.0 Å². The summed E-state index contributed by atoms with van der Waals surface area (Å²) in [6, 6.07) is 7.66. The van der Waals surface area contributed by atoms with Gasteiger partial charge in [-0.2, -0.15) is 0 Å². The fourth-order valence-electron chi connectivity index (χ4n) is 3.27. The zero-order valence-corrected chi connectivity index (χ0v) is 18.4. The van der Waals surface area contributed by atoms with Crippen LogP contribution in [0.2, 0.25) is 0 Å². The summed E-state index contributed by atoms with van der Waals surface area (Å²) < 4.78 is 6.06. The highest BCUT2D eigenvalue weighted by Gasteiger charge is 2.18. The van der Waals surface area contributed by atoms with Crippen LogP contribution < -0.4 is 26.0 Å². The van der Waals surface area contributed by atoms with Gasteiger partial charge in [-0.05, 0) is 44.2 Å². The zero-order chi connectivity index (χ0) is 21.8. The summed E-state index contributed by atoms with van der Waals surface area (Å²) in [6.45, 7) is 7.89. The summed E-state index contributed by atoms with van der Waals surface area (Å²) in [4.78, 5) is 24.8. The molecule has 0 fully saturated rings. The fraction of sp³-hybridized carbons (Fsp3) is 0.565. The summed E-state index contributed by atoms with van der Waals surface area (Å²) in [5.74, 6) is 0.557. The van der Waals surface area contributed by atoms with Crippen LogP contribution in [0, 0.1) is 0 Å². The molecule has 2 atom stereocenters. The molecule has 0 saturated carbocycles. The van der Waals surface area contributed by atoms with Crippen molar-refractivity contribution in [2.75, 3.05) is 26.2 Å². The molecule has 2 rings (SSSR count). The molecule has 1 aliphatic heterocycles. The minimum atomic E-state index is -0.523. The molecule has 166 valence electrons. The molecule has 0 aliphatic carbocycles. The molecule has 0 aromatic heterocycles. The third-order valence-electron chi connectivity index (χ3n) is 5.01. The van der Waals surface area contributed by atoms with Crippen LogP contribution in [-0.2, 0) is 16.0 Å². The lowest BCUT2D eigenvalue weighted by molar-refractivity contribution is -0.128. The van der Waals surface area contributed by atoms with Crippen molar-refractivity contribution in [3.05, 3.63) is 41.6 Å². The van der Waals surface area contributed by atoms with Crippen LogP contribution in [0.3, 0.4) is 0 Å². The number of rotatable bonds is 2. The van der Waals surface area contributed by atoms with E-state index in [4.69, 9.17) is 4.74 Å². The number of aryl methyl sites for hydroxylation is 1. The van der Waals surface area contributed by atoms with E-state index in [0.717, 1.165) is 36.3 Å². The van der Waals surface area contributed by atoms with Crippen LogP contribution in [0.1, 0.15) is 45.6 Å². The number of ether oxygens (including phenoxy) is 1. The average molecular weight is 417 g/mol. The van der Waals surface area contributed by atoms with Crippen molar-refractivity contribution in [2.45, 2.75) is 58.5 Å². The van der Waals surface area contributed by atoms with E-state index in [1.54, 1.807) is 0 Å². The number of hydrogen-bond donors (Lipinski definition) is 4. The van der Waals surface area contributed by atoms with E-state index in [0.29, 0.717) is 26.1 Å². The van der Waals surface area contributed by atoms with Crippen LogP contribution in [-0.4, -0.2) is 50.1 Å². The number of benzene rings is 1. The molecule has 1 aromatic carbocycles. The standard InChI is InChI=1S/C23H36N4O3/c1-4-9-19-14-25-17(3)16-30-21-12-7-6-10-18(21)11-8-13-24-23(29)20(5-2)27-22(28)15-26-19/h6-7,9-10,12,17,20,25-26H,4-5,8,11,13-16H2,1-3H3,(H,24,29)(H,27,28)/t17-,20?/m0/s1. The second kappa shape index (κ2) is 12.9. The largest absolute Gasteiger partial charge is 0.492 e. The third kappa shape index (κ3) is 8.06. The van der Waals surface area contributed by atoms with Gasteiger partial charge in [-0.25, -0.2) is 0 Å². The molecule has 1 heterocycles. The van der Waals surface area contributed by atoms with Crippen molar-refractivity contribution < 1.29 is 14.3 Å². The molecular weight excluding hydrogens is 380 g/mol. The molecule has 30 heavy (non-hydrogen) atoms. The van der Waals surface area contributed by atoms with Gasteiger partial charge in [0, 0.05) is 24.8 Å². The number of para-hydroxylation sites is 1. The first kappa shape index (κ1) is 23.7. The van der Waals surface area contributed by atoms with Crippen molar-refractivity contribution in [1.82, 2.24) is 21.3 Å². The number of allylic oxidation sites excluding steroid dienone is 1. The van der Waals surface area contributed by atoms with Gasteiger partial charge in [-0.3, -0.25) is 9.59 Å². The molecule has 0 bridgehead atoms. The minimum Gasteiger partial charge on any atom is -0.492 e. The average Bonchev–Trinajstić information content (AvgIpc) is 2.75. The second-order valence-corrected chi connectivity index (χ2v) is 7.61. The predicted molar refractivity (Wildman–Crippen MR) is 119 cm³/mol. The fourth-order valence-corrected chi connectivity index (χ4v) is 3.27. The van der Waals surface area contributed by atoms with Crippen LogP contribution in [0.4, 0.5) is 0 Å². The first-order valence-corrected chi connectivity index (χ1v) is 11.0. The van der Waals surface area contributed by atoms with Gasteiger partial charge in [-0.1, -0.05) is 38.1 Å². The van der Waals surface area contributed by atoms with E-state index in [1.165, 1.54) is 0 Å². The number of carbonyl (C=O) groups is 2. The van der Waals surface area contributed by atoms with Crippen LogP contribution in [0.25, 0.3) is 0 Å². The van der Waals surface area contributed by atoms with Crippen LogP contribution in [0.5, 0.6) is 5.75 Å². The number of carbonyl (C=O) groups excluding carboxylic acids is 2. The molecule has 0 radical (unpaired) electrons. The van der Waals surface area contributed by atoms with Gasteiger partial charge in [0.05, 0.1) is 6.54 Å². The Morgan fingerprint density at radius 2 is 1.93 bits per heavy atom. The summed E-state index contributed by atoms with van der Waals surface area (Å²) in [5.41, 5.74) is 2.09. The topological polar surface area (TPSA) is 91.5 Å². The van der Waals surface area contributed by atoms with Crippen LogP contribution >= 0.6 is 0 Å². The second-order valence-electron chi connectivity index (χ2n) is 7.61. The van der Waals surface area contributed by atoms with Gasteiger partial charge in [-0.15, -0.1) is 0 Å². The first-order valence-electron chi connectivity index (χ1n) is 11.0. The Kier molecular flexibility index (Phi) is 10.2. The van der Waals surface area contributed by atoms with Gasteiger partial charge in [0.1, 0.15) is 18.4 Å². The monoisotopic (exact) mass is 416 g/mol. The molecular formula is C23H36N4O3. The SMILES string of the molecule is CCC=C1CN[C@@H](C)COc2ccccc2CCCNC(=O)C(CC)NC(=O)CN1. The van der Waals surface area contributed by atoms with E-state index in [2.05, 4.69) is 47.3 Å². The Hall–Kier alpha value is -2.54. The molecule has 0 spiro atoms. The van der Waals surface area contributed by atoms with Crippen molar-refractivity contribution in [2.24, 2.45) is 0 Å². The maximum atomic E-state index is 12.4.